The number of ether oxygens (including phenoxy) is 1. The first-order valence-corrected chi connectivity index (χ1v) is 12.8. The van der Waals surface area contributed by atoms with E-state index >= 15 is 0 Å². The van der Waals surface area contributed by atoms with Crippen LogP contribution >= 0.6 is 0 Å². The Bertz CT molecular complexity index is 1720. The van der Waals surface area contributed by atoms with E-state index in [1.165, 1.54) is 0 Å². The van der Waals surface area contributed by atoms with Crippen LogP contribution < -0.4 is 4.90 Å². The molecule has 3 aliphatic heterocycles. The second-order valence-electron chi connectivity index (χ2n) is 10.9. The van der Waals surface area contributed by atoms with Crippen molar-refractivity contribution in [2.45, 2.75) is 50.5 Å². The molecule has 1 aromatic heterocycles. The molecule has 190 valence electrons. The second-order valence-corrected chi connectivity index (χ2v) is 10.9. The number of carbonyl (C=O) groups is 2. The number of imide groups is 1. The smallest absolute Gasteiger partial charge is 0.240 e. The van der Waals surface area contributed by atoms with Crippen LogP contribution in [0.25, 0.3) is 21.8 Å². The Balaban J connectivity index is 1.29. The van der Waals surface area contributed by atoms with E-state index in [9.17, 15) is 20.0 Å². The molecule has 2 bridgehead atoms. The van der Waals surface area contributed by atoms with Crippen molar-refractivity contribution in [3.05, 3.63) is 65.7 Å². The lowest BCUT2D eigenvalue weighted by molar-refractivity contribution is -0.133. The van der Waals surface area contributed by atoms with Gasteiger partial charge in [0.1, 0.15) is 17.2 Å². The molecule has 9 heteroatoms. The predicted molar refractivity (Wildman–Crippen MR) is 138 cm³/mol. The topological polar surface area (TPSA) is 121 Å². The highest BCUT2D eigenvalue weighted by Crippen LogP contribution is 2.62. The van der Waals surface area contributed by atoms with E-state index in [4.69, 9.17) is 4.74 Å². The average Bonchev–Trinajstić information content (AvgIpc) is 3.58. The minimum Gasteiger partial charge on any atom is -0.390 e. The Kier molecular flexibility index (Phi) is 4.66. The summed E-state index contributed by atoms with van der Waals surface area (Å²) in [5, 5.41) is 31.2. The van der Waals surface area contributed by atoms with Crippen LogP contribution in [0, 0.1) is 30.1 Å². The fourth-order valence-corrected chi connectivity index (χ4v) is 6.96. The number of aromatic nitrogens is 3. The number of fused-ring (bicyclic) bond motifs is 7. The third-order valence-electron chi connectivity index (χ3n) is 8.79. The second kappa shape index (κ2) is 7.69. The van der Waals surface area contributed by atoms with Gasteiger partial charge in [0.2, 0.25) is 11.8 Å². The maximum atomic E-state index is 14.1. The van der Waals surface area contributed by atoms with E-state index < -0.39 is 35.0 Å². The lowest BCUT2D eigenvalue weighted by Crippen LogP contribution is -2.49. The fraction of sp³-hybridized carbons (Fsp3) is 0.345. The molecular formula is C29H25N5O4. The van der Waals surface area contributed by atoms with Crippen molar-refractivity contribution in [1.82, 2.24) is 15.0 Å². The van der Waals surface area contributed by atoms with Gasteiger partial charge in [-0.05, 0) is 49.4 Å². The minimum absolute atomic E-state index is 0.242. The van der Waals surface area contributed by atoms with Gasteiger partial charge in [0.25, 0.3) is 0 Å². The van der Waals surface area contributed by atoms with Gasteiger partial charge >= 0.3 is 0 Å². The zero-order chi connectivity index (χ0) is 26.4. The predicted octanol–water partition coefficient (Wildman–Crippen LogP) is 3.25. The van der Waals surface area contributed by atoms with Crippen LogP contribution in [0.2, 0.25) is 0 Å². The molecule has 0 saturated carbocycles. The van der Waals surface area contributed by atoms with Crippen molar-refractivity contribution in [2.24, 2.45) is 11.8 Å². The molecule has 3 saturated heterocycles. The fourth-order valence-electron chi connectivity index (χ4n) is 6.96. The van der Waals surface area contributed by atoms with E-state index in [0.29, 0.717) is 18.4 Å². The molecule has 0 radical (unpaired) electrons. The number of rotatable bonds is 4. The molecule has 0 spiro atoms. The lowest BCUT2D eigenvalue weighted by Gasteiger charge is -2.33. The number of aliphatic hydroxyl groups is 1. The summed E-state index contributed by atoms with van der Waals surface area (Å²) in [5.74, 6) is -2.43. The van der Waals surface area contributed by atoms with Gasteiger partial charge in [0.05, 0.1) is 40.3 Å². The molecular weight excluding hydrogens is 482 g/mol. The molecule has 7 rings (SSSR count). The summed E-state index contributed by atoms with van der Waals surface area (Å²) < 4.78 is 8.25. The first-order valence-electron chi connectivity index (χ1n) is 12.8. The molecule has 38 heavy (non-hydrogen) atoms. The Morgan fingerprint density at radius 1 is 1.13 bits per heavy atom. The molecule has 3 aliphatic rings. The van der Waals surface area contributed by atoms with Gasteiger partial charge < -0.3 is 9.84 Å². The molecule has 4 aromatic rings. The highest BCUT2D eigenvalue weighted by molar-refractivity contribution is 6.24. The number of nitrogens with zero attached hydrogens (tertiary/aromatic N) is 5. The number of benzene rings is 3. The quantitative estimate of drug-likeness (QED) is 0.421. The summed E-state index contributed by atoms with van der Waals surface area (Å²) in [4.78, 5) is 29.1. The third-order valence-corrected chi connectivity index (χ3v) is 8.79. The summed E-state index contributed by atoms with van der Waals surface area (Å²) in [5.41, 5.74) is 1.05. The van der Waals surface area contributed by atoms with Crippen LogP contribution in [0.3, 0.4) is 0 Å². The van der Waals surface area contributed by atoms with Gasteiger partial charge in [-0.1, -0.05) is 41.6 Å². The molecule has 4 heterocycles. The maximum absolute atomic E-state index is 14.1. The standard InChI is InChI=1S/C29H25N5O4/c1-16-7-9-20-22(13-16)33(32-31-20)12-11-29-14-23(35)28(2,38-29)24-25(29)27(37)34(26(24)36)21-10-8-17-5-3-4-6-18(17)19(21)15-30/h3-10,13,23-25,35H,11-12,14H2,1-2H3. The van der Waals surface area contributed by atoms with Crippen LogP contribution in [0.1, 0.15) is 30.9 Å². The van der Waals surface area contributed by atoms with Crippen molar-refractivity contribution in [1.29, 1.82) is 5.26 Å². The van der Waals surface area contributed by atoms with Crippen molar-refractivity contribution < 1.29 is 19.4 Å². The molecule has 5 unspecified atom stereocenters. The summed E-state index contributed by atoms with van der Waals surface area (Å²) >= 11 is 0. The molecule has 1 N–H and O–H groups in total. The van der Waals surface area contributed by atoms with Gasteiger partial charge in [-0.15, -0.1) is 5.10 Å². The molecule has 5 atom stereocenters. The Morgan fingerprint density at radius 2 is 1.92 bits per heavy atom. The molecule has 9 nitrogen and oxygen atoms in total. The van der Waals surface area contributed by atoms with E-state index in [1.807, 2.05) is 55.5 Å². The number of aryl methyl sites for hydroxylation is 2. The first kappa shape index (κ1) is 23.0. The van der Waals surface area contributed by atoms with Crippen molar-refractivity contribution in [2.75, 3.05) is 4.90 Å². The van der Waals surface area contributed by atoms with Gasteiger partial charge in [-0.3, -0.25) is 9.59 Å². The van der Waals surface area contributed by atoms with Gasteiger partial charge in [0.15, 0.2) is 0 Å². The molecule has 0 aliphatic carbocycles. The number of aliphatic hydroxyl groups excluding tert-OH is 1. The summed E-state index contributed by atoms with van der Waals surface area (Å²) in [6, 6.07) is 19.0. The highest BCUT2D eigenvalue weighted by Gasteiger charge is 2.77. The minimum atomic E-state index is -1.20. The number of nitriles is 1. The van der Waals surface area contributed by atoms with Crippen molar-refractivity contribution in [3.8, 4) is 6.07 Å². The van der Waals surface area contributed by atoms with Gasteiger partial charge in [-0.2, -0.15) is 5.26 Å². The number of amides is 2. The van der Waals surface area contributed by atoms with E-state index in [-0.39, 0.29) is 23.6 Å². The largest absolute Gasteiger partial charge is 0.390 e. The van der Waals surface area contributed by atoms with Crippen LogP contribution in [-0.4, -0.2) is 49.2 Å². The summed E-state index contributed by atoms with van der Waals surface area (Å²) in [7, 11) is 0. The van der Waals surface area contributed by atoms with Crippen LogP contribution in [-0.2, 0) is 20.9 Å². The summed E-state index contributed by atoms with van der Waals surface area (Å²) in [6.07, 6.45) is -0.281. The van der Waals surface area contributed by atoms with Gasteiger partial charge in [-0.25, -0.2) is 9.58 Å². The Morgan fingerprint density at radius 3 is 2.74 bits per heavy atom. The monoisotopic (exact) mass is 507 g/mol. The maximum Gasteiger partial charge on any atom is 0.240 e. The molecule has 3 fully saturated rings. The zero-order valence-corrected chi connectivity index (χ0v) is 21.0. The Labute approximate surface area is 218 Å². The highest BCUT2D eigenvalue weighted by atomic mass is 16.6. The first-order chi connectivity index (χ1) is 18.3. The van der Waals surface area contributed by atoms with E-state index in [1.54, 1.807) is 17.7 Å². The lowest BCUT2D eigenvalue weighted by atomic mass is 9.66. The number of hydrogen-bond acceptors (Lipinski definition) is 7. The van der Waals surface area contributed by atoms with Crippen LogP contribution in [0.15, 0.2) is 54.6 Å². The number of hydrogen-bond donors (Lipinski definition) is 1. The van der Waals surface area contributed by atoms with E-state index in [0.717, 1.165) is 26.9 Å². The Hall–Kier alpha value is -4.13. The number of carbonyl (C=O) groups excluding carboxylic acids is 2. The van der Waals surface area contributed by atoms with Crippen molar-refractivity contribution >= 4 is 39.3 Å². The number of anilines is 1. The van der Waals surface area contributed by atoms with Crippen LogP contribution in [0.5, 0.6) is 0 Å². The zero-order valence-electron chi connectivity index (χ0n) is 21.0. The normalized spacial score (nSPS) is 29.9. The molecule has 3 aromatic carbocycles. The van der Waals surface area contributed by atoms with E-state index in [2.05, 4.69) is 16.4 Å². The van der Waals surface area contributed by atoms with Crippen LogP contribution in [0.4, 0.5) is 5.69 Å². The van der Waals surface area contributed by atoms with Crippen molar-refractivity contribution in [3.63, 3.8) is 0 Å². The summed E-state index contributed by atoms with van der Waals surface area (Å²) in [6.45, 7) is 4.13. The van der Waals surface area contributed by atoms with Gasteiger partial charge in [0, 0.05) is 18.4 Å². The third kappa shape index (κ3) is 2.87. The SMILES string of the molecule is Cc1ccc2nnn(CCC34CC(O)C(C)(O3)C3C(=O)N(c5ccc6ccccc6c5C#N)C(=O)C34)c2c1. The average molecular weight is 508 g/mol. The molecule has 2 amide bonds.